The molecule has 0 saturated carbocycles. The van der Waals surface area contributed by atoms with Crippen LogP contribution < -0.4 is 9.47 Å². The van der Waals surface area contributed by atoms with Crippen LogP contribution >= 0.6 is 0 Å². The van der Waals surface area contributed by atoms with E-state index in [0.717, 1.165) is 17.7 Å². The van der Waals surface area contributed by atoms with Crippen LogP contribution in [-0.4, -0.2) is 24.8 Å². The molecule has 0 aliphatic carbocycles. The van der Waals surface area contributed by atoms with Gasteiger partial charge in [0.15, 0.2) is 0 Å². The molecule has 21 heavy (non-hydrogen) atoms. The molecular weight excluding hydrogens is 268 g/mol. The third-order valence-electron chi connectivity index (χ3n) is 3.10. The summed E-state index contributed by atoms with van der Waals surface area (Å²) < 4.78 is 10.6. The molecular formula is C17H18O4. The van der Waals surface area contributed by atoms with E-state index in [4.69, 9.17) is 9.47 Å². The van der Waals surface area contributed by atoms with Crippen molar-refractivity contribution in [1.29, 1.82) is 0 Å². The van der Waals surface area contributed by atoms with Crippen molar-refractivity contribution >= 4 is 5.97 Å². The summed E-state index contributed by atoms with van der Waals surface area (Å²) in [5.74, 6) is 0.334. The van der Waals surface area contributed by atoms with Gasteiger partial charge in [0.25, 0.3) is 0 Å². The Morgan fingerprint density at radius 2 is 1.76 bits per heavy atom. The fraction of sp³-hybridized carbons (Fsp3) is 0.235. The molecule has 0 aromatic heterocycles. The number of hydrogen-bond acceptors (Lipinski definition) is 3. The van der Waals surface area contributed by atoms with Crippen molar-refractivity contribution < 1.29 is 19.4 Å². The van der Waals surface area contributed by atoms with E-state index in [-0.39, 0.29) is 5.56 Å². The second-order valence-electron chi connectivity index (χ2n) is 4.59. The lowest BCUT2D eigenvalue weighted by atomic mass is 9.99. The number of carboxylic acids is 1. The van der Waals surface area contributed by atoms with Gasteiger partial charge in [-0.1, -0.05) is 19.1 Å². The van der Waals surface area contributed by atoms with Crippen molar-refractivity contribution in [2.75, 3.05) is 13.7 Å². The number of carboxylic acid groups (broad SMARTS) is 1. The zero-order chi connectivity index (χ0) is 15.2. The van der Waals surface area contributed by atoms with E-state index in [0.29, 0.717) is 17.9 Å². The Kier molecular flexibility index (Phi) is 4.82. The molecule has 0 aliphatic heterocycles. The maximum Gasteiger partial charge on any atom is 0.336 e. The van der Waals surface area contributed by atoms with Gasteiger partial charge in [0, 0.05) is 0 Å². The van der Waals surface area contributed by atoms with E-state index >= 15 is 0 Å². The lowest BCUT2D eigenvalue weighted by Gasteiger charge is -2.10. The van der Waals surface area contributed by atoms with Gasteiger partial charge in [-0.25, -0.2) is 4.79 Å². The summed E-state index contributed by atoms with van der Waals surface area (Å²) in [5.41, 5.74) is 1.71. The minimum absolute atomic E-state index is 0.219. The van der Waals surface area contributed by atoms with E-state index in [1.807, 2.05) is 31.2 Å². The summed E-state index contributed by atoms with van der Waals surface area (Å²) >= 11 is 0. The molecule has 4 heteroatoms. The van der Waals surface area contributed by atoms with Gasteiger partial charge < -0.3 is 14.6 Å². The summed E-state index contributed by atoms with van der Waals surface area (Å²) in [5, 5.41) is 9.34. The number of ether oxygens (including phenoxy) is 2. The SMILES string of the molecule is CCCOc1ccc(-c2ccc(OC)cc2C(=O)O)cc1. The monoisotopic (exact) mass is 286 g/mol. The smallest absolute Gasteiger partial charge is 0.336 e. The van der Waals surface area contributed by atoms with Crippen LogP contribution in [0.15, 0.2) is 42.5 Å². The molecule has 2 aromatic carbocycles. The number of methoxy groups -OCH3 is 1. The lowest BCUT2D eigenvalue weighted by molar-refractivity contribution is 0.0697. The predicted octanol–water partition coefficient (Wildman–Crippen LogP) is 3.85. The molecule has 0 fully saturated rings. The minimum Gasteiger partial charge on any atom is -0.497 e. The molecule has 0 radical (unpaired) electrons. The fourth-order valence-corrected chi connectivity index (χ4v) is 2.03. The first-order valence-corrected chi connectivity index (χ1v) is 6.80. The average Bonchev–Trinajstić information content (AvgIpc) is 2.52. The molecule has 110 valence electrons. The Bertz CT molecular complexity index is 617. The topological polar surface area (TPSA) is 55.8 Å². The second-order valence-corrected chi connectivity index (χ2v) is 4.59. The predicted molar refractivity (Wildman–Crippen MR) is 81.2 cm³/mol. The summed E-state index contributed by atoms with van der Waals surface area (Å²) in [6.45, 7) is 2.72. The van der Waals surface area contributed by atoms with Gasteiger partial charge in [-0.05, 0) is 47.9 Å². The van der Waals surface area contributed by atoms with Crippen molar-refractivity contribution in [2.45, 2.75) is 13.3 Å². The van der Waals surface area contributed by atoms with E-state index in [1.165, 1.54) is 13.2 Å². The second kappa shape index (κ2) is 6.79. The van der Waals surface area contributed by atoms with E-state index in [9.17, 15) is 9.90 Å². The van der Waals surface area contributed by atoms with Gasteiger partial charge >= 0.3 is 5.97 Å². The Balaban J connectivity index is 2.34. The Labute approximate surface area is 123 Å². The molecule has 1 N–H and O–H groups in total. The molecule has 0 bridgehead atoms. The maximum absolute atomic E-state index is 11.4. The van der Waals surface area contributed by atoms with Crippen molar-refractivity contribution in [2.24, 2.45) is 0 Å². The number of aromatic carboxylic acids is 1. The summed E-state index contributed by atoms with van der Waals surface area (Å²) in [4.78, 5) is 11.4. The highest BCUT2D eigenvalue weighted by molar-refractivity contribution is 5.96. The third-order valence-corrected chi connectivity index (χ3v) is 3.10. The van der Waals surface area contributed by atoms with Gasteiger partial charge in [0.1, 0.15) is 11.5 Å². The lowest BCUT2D eigenvalue weighted by Crippen LogP contribution is -2.00. The molecule has 0 heterocycles. The van der Waals surface area contributed by atoms with Gasteiger partial charge in [-0.2, -0.15) is 0 Å². The molecule has 0 saturated heterocycles. The Hall–Kier alpha value is -2.49. The van der Waals surface area contributed by atoms with Crippen LogP contribution in [0.2, 0.25) is 0 Å². The molecule has 0 amide bonds. The van der Waals surface area contributed by atoms with Crippen LogP contribution in [0.1, 0.15) is 23.7 Å². The van der Waals surface area contributed by atoms with Crippen LogP contribution in [0.4, 0.5) is 0 Å². The van der Waals surface area contributed by atoms with Crippen LogP contribution in [0, 0.1) is 0 Å². The molecule has 2 rings (SSSR count). The molecule has 0 spiro atoms. The Morgan fingerprint density at radius 3 is 2.33 bits per heavy atom. The molecule has 0 unspecified atom stereocenters. The highest BCUT2D eigenvalue weighted by atomic mass is 16.5. The first kappa shape index (κ1) is 14.9. The van der Waals surface area contributed by atoms with Gasteiger partial charge in [0.2, 0.25) is 0 Å². The van der Waals surface area contributed by atoms with Gasteiger partial charge in [0.05, 0.1) is 19.3 Å². The van der Waals surface area contributed by atoms with Crippen molar-refractivity contribution in [3.05, 3.63) is 48.0 Å². The quantitative estimate of drug-likeness (QED) is 0.876. The Morgan fingerprint density at radius 1 is 1.10 bits per heavy atom. The number of carbonyl (C=O) groups is 1. The van der Waals surface area contributed by atoms with E-state index in [2.05, 4.69) is 0 Å². The van der Waals surface area contributed by atoms with Crippen molar-refractivity contribution in [1.82, 2.24) is 0 Å². The highest BCUT2D eigenvalue weighted by Gasteiger charge is 2.13. The highest BCUT2D eigenvalue weighted by Crippen LogP contribution is 2.29. The standard InChI is InChI=1S/C17H18O4/c1-3-10-21-13-6-4-12(5-7-13)15-9-8-14(20-2)11-16(15)17(18)19/h4-9,11H,3,10H2,1-2H3,(H,18,19). The average molecular weight is 286 g/mol. The summed E-state index contributed by atoms with van der Waals surface area (Å²) in [7, 11) is 1.51. The van der Waals surface area contributed by atoms with Gasteiger partial charge in [-0.15, -0.1) is 0 Å². The number of benzene rings is 2. The van der Waals surface area contributed by atoms with Crippen molar-refractivity contribution in [3.8, 4) is 22.6 Å². The van der Waals surface area contributed by atoms with Crippen LogP contribution in [-0.2, 0) is 0 Å². The fourth-order valence-electron chi connectivity index (χ4n) is 2.03. The van der Waals surface area contributed by atoms with Crippen LogP contribution in [0.3, 0.4) is 0 Å². The zero-order valence-electron chi connectivity index (χ0n) is 12.1. The molecule has 2 aromatic rings. The largest absolute Gasteiger partial charge is 0.497 e. The molecule has 4 nitrogen and oxygen atoms in total. The molecule has 0 atom stereocenters. The minimum atomic E-state index is -0.977. The summed E-state index contributed by atoms with van der Waals surface area (Å²) in [6, 6.07) is 12.5. The van der Waals surface area contributed by atoms with Crippen molar-refractivity contribution in [3.63, 3.8) is 0 Å². The molecule has 0 aliphatic rings. The van der Waals surface area contributed by atoms with Gasteiger partial charge in [-0.3, -0.25) is 0 Å². The maximum atomic E-state index is 11.4. The first-order valence-electron chi connectivity index (χ1n) is 6.80. The number of hydrogen-bond donors (Lipinski definition) is 1. The number of rotatable bonds is 6. The zero-order valence-corrected chi connectivity index (χ0v) is 12.1. The van der Waals surface area contributed by atoms with Crippen LogP contribution in [0.25, 0.3) is 11.1 Å². The van der Waals surface area contributed by atoms with E-state index in [1.54, 1.807) is 12.1 Å². The third kappa shape index (κ3) is 3.54. The normalized spacial score (nSPS) is 10.2. The summed E-state index contributed by atoms with van der Waals surface area (Å²) in [6.07, 6.45) is 0.948. The van der Waals surface area contributed by atoms with Crippen LogP contribution in [0.5, 0.6) is 11.5 Å². The first-order chi connectivity index (χ1) is 10.2. The van der Waals surface area contributed by atoms with E-state index < -0.39 is 5.97 Å².